The van der Waals surface area contributed by atoms with E-state index in [1.54, 1.807) is 0 Å². The van der Waals surface area contributed by atoms with Gasteiger partial charge in [-0.2, -0.15) is 0 Å². The number of piperidine rings is 1. The van der Waals surface area contributed by atoms with Gasteiger partial charge in [-0.05, 0) is 25.7 Å². The zero-order chi connectivity index (χ0) is 8.23. The first-order valence-electron chi connectivity index (χ1n) is 4.98. The van der Waals surface area contributed by atoms with E-state index in [4.69, 9.17) is 4.74 Å². The molecule has 1 saturated heterocycles. The molecule has 2 rings (SSSR count). The Morgan fingerprint density at radius 2 is 2.00 bits per heavy atom. The van der Waals surface area contributed by atoms with Crippen molar-refractivity contribution in [2.24, 2.45) is 0 Å². The number of nitrogens with zero attached hydrogens (tertiary/aromatic N) is 1. The number of rotatable bonds is 1. The standard InChI is InChI=1S/C10H17NO/c1-2-6-11(7-3-1)10-5-4-8-12-9-10/h5H,1-4,6-9H2. The van der Waals surface area contributed by atoms with Crippen molar-refractivity contribution in [2.45, 2.75) is 25.7 Å². The molecule has 0 aliphatic carbocycles. The van der Waals surface area contributed by atoms with Crippen molar-refractivity contribution in [1.82, 2.24) is 4.90 Å². The summed E-state index contributed by atoms with van der Waals surface area (Å²) in [6.07, 6.45) is 7.57. The highest BCUT2D eigenvalue weighted by atomic mass is 16.5. The van der Waals surface area contributed by atoms with Crippen molar-refractivity contribution in [3.8, 4) is 0 Å². The predicted octanol–water partition coefficient (Wildman–Crippen LogP) is 1.78. The predicted molar refractivity (Wildman–Crippen MR) is 48.9 cm³/mol. The molecular weight excluding hydrogens is 150 g/mol. The molecule has 0 aromatic carbocycles. The van der Waals surface area contributed by atoms with Gasteiger partial charge in [-0.15, -0.1) is 0 Å². The molecule has 12 heavy (non-hydrogen) atoms. The van der Waals surface area contributed by atoms with Gasteiger partial charge in [-0.25, -0.2) is 0 Å². The van der Waals surface area contributed by atoms with Crippen LogP contribution in [0.15, 0.2) is 11.8 Å². The van der Waals surface area contributed by atoms with E-state index >= 15 is 0 Å². The van der Waals surface area contributed by atoms with Crippen LogP contribution < -0.4 is 0 Å². The number of likely N-dealkylation sites (tertiary alicyclic amines) is 1. The molecule has 0 unspecified atom stereocenters. The second-order valence-corrected chi connectivity index (χ2v) is 3.58. The van der Waals surface area contributed by atoms with Crippen LogP contribution in [0.4, 0.5) is 0 Å². The van der Waals surface area contributed by atoms with Gasteiger partial charge in [0.1, 0.15) is 0 Å². The minimum atomic E-state index is 0.847. The van der Waals surface area contributed by atoms with E-state index in [0.29, 0.717) is 0 Å². The lowest BCUT2D eigenvalue weighted by Gasteiger charge is -2.32. The van der Waals surface area contributed by atoms with Crippen molar-refractivity contribution in [2.75, 3.05) is 26.3 Å². The van der Waals surface area contributed by atoms with Gasteiger partial charge < -0.3 is 9.64 Å². The van der Waals surface area contributed by atoms with Crippen molar-refractivity contribution in [3.63, 3.8) is 0 Å². The highest BCUT2D eigenvalue weighted by Gasteiger charge is 2.14. The van der Waals surface area contributed by atoms with Crippen LogP contribution in [0.3, 0.4) is 0 Å². The summed E-state index contributed by atoms with van der Waals surface area (Å²) in [7, 11) is 0. The fourth-order valence-electron chi connectivity index (χ4n) is 1.95. The number of hydrogen-bond donors (Lipinski definition) is 0. The fourth-order valence-corrected chi connectivity index (χ4v) is 1.95. The van der Waals surface area contributed by atoms with Crippen LogP contribution in [-0.4, -0.2) is 31.2 Å². The summed E-state index contributed by atoms with van der Waals surface area (Å²) in [6.45, 7) is 4.25. The topological polar surface area (TPSA) is 12.5 Å². The first-order chi connectivity index (χ1) is 5.97. The first-order valence-corrected chi connectivity index (χ1v) is 4.98. The van der Waals surface area contributed by atoms with E-state index in [9.17, 15) is 0 Å². The van der Waals surface area contributed by atoms with Crippen LogP contribution in [0.2, 0.25) is 0 Å². The Kier molecular flexibility index (Phi) is 2.67. The Morgan fingerprint density at radius 3 is 2.67 bits per heavy atom. The minimum absolute atomic E-state index is 0.847. The Morgan fingerprint density at radius 1 is 1.17 bits per heavy atom. The Balaban J connectivity index is 1.92. The van der Waals surface area contributed by atoms with E-state index in [2.05, 4.69) is 11.0 Å². The van der Waals surface area contributed by atoms with Crippen LogP contribution in [-0.2, 0) is 4.74 Å². The van der Waals surface area contributed by atoms with Gasteiger partial charge in [0.2, 0.25) is 0 Å². The van der Waals surface area contributed by atoms with Gasteiger partial charge in [0.25, 0.3) is 0 Å². The van der Waals surface area contributed by atoms with Crippen LogP contribution in [0, 0.1) is 0 Å². The van der Waals surface area contributed by atoms with Gasteiger partial charge in [-0.1, -0.05) is 6.08 Å². The highest BCUT2D eigenvalue weighted by molar-refractivity contribution is 5.04. The summed E-state index contributed by atoms with van der Waals surface area (Å²) in [4.78, 5) is 2.49. The van der Waals surface area contributed by atoms with E-state index in [1.165, 1.54) is 38.0 Å². The average molecular weight is 167 g/mol. The SMILES string of the molecule is C1=C(N2CCCCC2)COCC1. The van der Waals surface area contributed by atoms with Crippen LogP contribution in [0.25, 0.3) is 0 Å². The molecule has 0 N–H and O–H groups in total. The lowest BCUT2D eigenvalue weighted by atomic mass is 10.1. The molecule has 0 aromatic heterocycles. The lowest BCUT2D eigenvalue weighted by molar-refractivity contribution is 0.118. The molecule has 0 spiro atoms. The summed E-state index contributed by atoms with van der Waals surface area (Å²) >= 11 is 0. The molecule has 2 heteroatoms. The molecule has 0 radical (unpaired) electrons. The van der Waals surface area contributed by atoms with Gasteiger partial charge in [0.05, 0.1) is 13.2 Å². The Labute approximate surface area is 74.2 Å². The quantitative estimate of drug-likeness (QED) is 0.590. The maximum Gasteiger partial charge on any atom is 0.0861 e. The minimum Gasteiger partial charge on any atom is -0.375 e. The van der Waals surface area contributed by atoms with E-state index in [-0.39, 0.29) is 0 Å². The number of hydrogen-bond acceptors (Lipinski definition) is 2. The lowest BCUT2D eigenvalue weighted by Crippen LogP contribution is -2.32. The van der Waals surface area contributed by atoms with E-state index in [1.807, 2.05) is 0 Å². The van der Waals surface area contributed by atoms with Crippen LogP contribution in [0.1, 0.15) is 25.7 Å². The maximum absolute atomic E-state index is 5.43. The third kappa shape index (κ3) is 1.81. The fraction of sp³-hybridized carbons (Fsp3) is 0.800. The second kappa shape index (κ2) is 3.94. The van der Waals surface area contributed by atoms with Crippen molar-refractivity contribution >= 4 is 0 Å². The molecule has 1 fully saturated rings. The summed E-state index contributed by atoms with van der Waals surface area (Å²) in [5, 5.41) is 0. The van der Waals surface area contributed by atoms with Crippen molar-refractivity contribution in [1.29, 1.82) is 0 Å². The highest BCUT2D eigenvalue weighted by Crippen LogP contribution is 2.17. The van der Waals surface area contributed by atoms with Crippen LogP contribution in [0.5, 0.6) is 0 Å². The zero-order valence-corrected chi connectivity index (χ0v) is 7.59. The summed E-state index contributed by atoms with van der Waals surface area (Å²) in [6, 6.07) is 0. The van der Waals surface area contributed by atoms with Gasteiger partial charge in [-0.3, -0.25) is 0 Å². The average Bonchev–Trinajstić information content (AvgIpc) is 2.21. The largest absolute Gasteiger partial charge is 0.375 e. The molecule has 0 saturated carbocycles. The molecule has 2 aliphatic rings. The first kappa shape index (κ1) is 8.11. The molecule has 68 valence electrons. The van der Waals surface area contributed by atoms with Crippen molar-refractivity contribution < 1.29 is 4.74 Å². The summed E-state index contributed by atoms with van der Waals surface area (Å²) in [5.74, 6) is 0. The maximum atomic E-state index is 5.43. The molecular formula is C10H17NO. The van der Waals surface area contributed by atoms with E-state index < -0.39 is 0 Å². The van der Waals surface area contributed by atoms with Crippen LogP contribution >= 0.6 is 0 Å². The molecule has 2 aliphatic heterocycles. The molecule has 0 aromatic rings. The molecule has 0 bridgehead atoms. The van der Waals surface area contributed by atoms with Gasteiger partial charge in [0.15, 0.2) is 0 Å². The summed E-state index contributed by atoms with van der Waals surface area (Å²) in [5.41, 5.74) is 1.43. The second-order valence-electron chi connectivity index (χ2n) is 3.58. The third-order valence-electron chi connectivity index (χ3n) is 2.65. The Bertz CT molecular complexity index is 171. The molecule has 0 amide bonds. The Hall–Kier alpha value is -0.500. The molecule has 2 nitrogen and oxygen atoms in total. The number of ether oxygens (including phenoxy) is 1. The smallest absolute Gasteiger partial charge is 0.0861 e. The molecule has 2 heterocycles. The van der Waals surface area contributed by atoms with Gasteiger partial charge >= 0.3 is 0 Å². The third-order valence-corrected chi connectivity index (χ3v) is 2.65. The normalized spacial score (nSPS) is 25.3. The van der Waals surface area contributed by atoms with Gasteiger partial charge in [0, 0.05) is 18.8 Å². The zero-order valence-electron chi connectivity index (χ0n) is 7.59. The van der Waals surface area contributed by atoms with E-state index in [0.717, 1.165) is 19.6 Å². The molecule has 0 atom stereocenters. The van der Waals surface area contributed by atoms with Crippen molar-refractivity contribution in [3.05, 3.63) is 11.8 Å². The monoisotopic (exact) mass is 167 g/mol. The summed E-state index contributed by atoms with van der Waals surface area (Å²) < 4.78 is 5.43.